The molecule has 0 unspecified atom stereocenters. The Morgan fingerprint density at radius 2 is 1.93 bits per heavy atom. The summed E-state index contributed by atoms with van der Waals surface area (Å²) >= 11 is 4.05. The standard InChI is InChI=1S/C11H18INOS/c1-10(2,3)7-15-9-13-8(6-14-9)11(4,5)12/h6H,7H2,1-5H3. The maximum absolute atomic E-state index is 5.43. The molecule has 0 aliphatic heterocycles. The highest BCUT2D eigenvalue weighted by atomic mass is 127. The molecule has 0 fully saturated rings. The van der Waals surface area contributed by atoms with E-state index in [0.717, 1.165) is 16.7 Å². The summed E-state index contributed by atoms with van der Waals surface area (Å²) in [4.78, 5) is 4.47. The molecule has 1 heterocycles. The highest BCUT2D eigenvalue weighted by Gasteiger charge is 2.21. The largest absolute Gasteiger partial charge is 0.440 e. The fourth-order valence-electron chi connectivity index (χ4n) is 0.875. The topological polar surface area (TPSA) is 26.0 Å². The Labute approximate surface area is 110 Å². The van der Waals surface area contributed by atoms with E-state index in [2.05, 4.69) is 62.2 Å². The Kier molecular flexibility index (Phi) is 4.14. The van der Waals surface area contributed by atoms with Gasteiger partial charge in [-0.25, -0.2) is 4.98 Å². The van der Waals surface area contributed by atoms with Gasteiger partial charge in [0.05, 0.1) is 9.12 Å². The van der Waals surface area contributed by atoms with E-state index in [0.29, 0.717) is 5.41 Å². The van der Waals surface area contributed by atoms with Crippen LogP contribution in [0.3, 0.4) is 0 Å². The molecule has 1 aromatic heterocycles. The Morgan fingerprint density at radius 1 is 1.33 bits per heavy atom. The average molecular weight is 339 g/mol. The Balaban J connectivity index is 2.62. The molecular formula is C11H18INOS. The van der Waals surface area contributed by atoms with Gasteiger partial charge in [0.15, 0.2) is 0 Å². The molecule has 0 saturated carbocycles. The predicted molar refractivity (Wildman–Crippen MR) is 73.7 cm³/mol. The van der Waals surface area contributed by atoms with Crippen LogP contribution in [0.2, 0.25) is 0 Å². The van der Waals surface area contributed by atoms with Crippen LogP contribution < -0.4 is 0 Å². The number of nitrogens with zero attached hydrogens (tertiary/aromatic N) is 1. The molecule has 0 saturated heterocycles. The van der Waals surface area contributed by atoms with E-state index in [4.69, 9.17) is 4.42 Å². The van der Waals surface area contributed by atoms with Crippen molar-refractivity contribution in [1.82, 2.24) is 4.98 Å². The molecule has 0 spiro atoms. The van der Waals surface area contributed by atoms with Crippen molar-refractivity contribution in [2.24, 2.45) is 5.41 Å². The normalized spacial score (nSPS) is 13.2. The van der Waals surface area contributed by atoms with Gasteiger partial charge in [0.25, 0.3) is 5.22 Å². The minimum atomic E-state index is 0.0435. The van der Waals surface area contributed by atoms with Crippen LogP contribution in [0.15, 0.2) is 15.9 Å². The van der Waals surface area contributed by atoms with Crippen LogP contribution in [-0.4, -0.2) is 10.7 Å². The second kappa shape index (κ2) is 4.65. The number of oxazole rings is 1. The summed E-state index contributed by atoms with van der Waals surface area (Å²) in [6, 6.07) is 0. The van der Waals surface area contributed by atoms with Gasteiger partial charge < -0.3 is 4.42 Å². The molecule has 0 aliphatic rings. The van der Waals surface area contributed by atoms with Gasteiger partial charge in [0.2, 0.25) is 0 Å². The highest BCUT2D eigenvalue weighted by molar-refractivity contribution is 14.1. The van der Waals surface area contributed by atoms with Gasteiger partial charge in [-0.05, 0) is 19.3 Å². The van der Waals surface area contributed by atoms with Crippen LogP contribution in [0, 0.1) is 5.41 Å². The first-order valence-corrected chi connectivity index (χ1v) is 7.03. The molecule has 15 heavy (non-hydrogen) atoms. The lowest BCUT2D eigenvalue weighted by Gasteiger charge is -2.15. The monoisotopic (exact) mass is 339 g/mol. The third-order valence-corrected chi connectivity index (χ3v) is 3.72. The van der Waals surface area contributed by atoms with Crippen LogP contribution in [0.1, 0.15) is 40.3 Å². The van der Waals surface area contributed by atoms with Crippen molar-refractivity contribution < 1.29 is 4.42 Å². The molecule has 0 atom stereocenters. The van der Waals surface area contributed by atoms with Gasteiger partial charge in [-0.1, -0.05) is 55.1 Å². The number of alkyl halides is 1. The van der Waals surface area contributed by atoms with E-state index >= 15 is 0 Å². The fraction of sp³-hybridized carbons (Fsp3) is 0.727. The first-order valence-electron chi connectivity index (χ1n) is 4.96. The van der Waals surface area contributed by atoms with E-state index in [1.807, 2.05) is 0 Å². The number of halogens is 1. The summed E-state index contributed by atoms with van der Waals surface area (Å²) in [7, 11) is 0. The lowest BCUT2D eigenvalue weighted by Crippen LogP contribution is -2.08. The first-order chi connectivity index (χ1) is 6.68. The summed E-state index contributed by atoms with van der Waals surface area (Å²) in [6.07, 6.45) is 1.76. The minimum absolute atomic E-state index is 0.0435. The predicted octanol–water partition coefficient (Wildman–Crippen LogP) is 4.48. The van der Waals surface area contributed by atoms with Gasteiger partial charge >= 0.3 is 0 Å². The van der Waals surface area contributed by atoms with Crippen molar-refractivity contribution in [3.8, 4) is 0 Å². The Hall–Kier alpha value is 0.290. The van der Waals surface area contributed by atoms with Crippen LogP contribution >= 0.6 is 34.4 Å². The van der Waals surface area contributed by atoms with E-state index in [9.17, 15) is 0 Å². The third kappa shape index (κ3) is 4.76. The zero-order valence-electron chi connectivity index (χ0n) is 9.93. The zero-order valence-corrected chi connectivity index (χ0v) is 12.9. The molecule has 0 aliphatic carbocycles. The number of rotatable bonds is 3. The Bertz CT molecular complexity index is 322. The van der Waals surface area contributed by atoms with E-state index in [1.54, 1.807) is 18.0 Å². The van der Waals surface area contributed by atoms with Crippen LogP contribution in [0.25, 0.3) is 0 Å². The summed E-state index contributed by atoms with van der Waals surface area (Å²) < 4.78 is 5.48. The molecule has 1 rings (SSSR count). The van der Waals surface area contributed by atoms with Crippen molar-refractivity contribution in [3.63, 3.8) is 0 Å². The first kappa shape index (κ1) is 13.4. The second-order valence-corrected chi connectivity index (χ2v) is 8.94. The maximum Gasteiger partial charge on any atom is 0.255 e. The number of hydrogen-bond donors (Lipinski definition) is 0. The molecule has 0 radical (unpaired) electrons. The zero-order chi connectivity index (χ0) is 11.7. The molecule has 86 valence electrons. The van der Waals surface area contributed by atoms with Crippen molar-refractivity contribution in [1.29, 1.82) is 0 Å². The summed E-state index contributed by atoms with van der Waals surface area (Å²) in [5.41, 5.74) is 1.32. The third-order valence-electron chi connectivity index (χ3n) is 1.72. The molecule has 0 bridgehead atoms. The van der Waals surface area contributed by atoms with Crippen LogP contribution in [0.5, 0.6) is 0 Å². The van der Waals surface area contributed by atoms with Crippen molar-refractivity contribution in [2.75, 3.05) is 5.75 Å². The summed E-state index contributed by atoms with van der Waals surface area (Å²) in [5.74, 6) is 1.02. The molecule has 0 amide bonds. The molecule has 1 aromatic rings. The minimum Gasteiger partial charge on any atom is -0.440 e. The van der Waals surface area contributed by atoms with Crippen LogP contribution in [-0.2, 0) is 3.42 Å². The van der Waals surface area contributed by atoms with E-state index in [1.165, 1.54) is 0 Å². The van der Waals surface area contributed by atoms with E-state index < -0.39 is 0 Å². The van der Waals surface area contributed by atoms with Gasteiger partial charge in [-0.15, -0.1) is 0 Å². The molecular weight excluding hydrogens is 321 g/mol. The van der Waals surface area contributed by atoms with E-state index in [-0.39, 0.29) is 3.42 Å². The van der Waals surface area contributed by atoms with Gasteiger partial charge in [0.1, 0.15) is 6.26 Å². The smallest absolute Gasteiger partial charge is 0.255 e. The van der Waals surface area contributed by atoms with Crippen molar-refractivity contribution >= 4 is 34.4 Å². The number of thioether (sulfide) groups is 1. The molecule has 4 heteroatoms. The average Bonchev–Trinajstić information content (AvgIpc) is 2.45. The lowest BCUT2D eigenvalue weighted by molar-refractivity contribution is 0.444. The molecule has 0 aromatic carbocycles. The van der Waals surface area contributed by atoms with Gasteiger partial charge in [0, 0.05) is 5.75 Å². The fourth-order valence-corrected chi connectivity index (χ4v) is 1.96. The number of hydrogen-bond acceptors (Lipinski definition) is 3. The maximum atomic E-state index is 5.43. The SMILES string of the molecule is CC(C)(C)CSc1nc(C(C)(C)I)co1. The lowest BCUT2D eigenvalue weighted by atomic mass is 10.0. The summed E-state index contributed by atoms with van der Waals surface area (Å²) in [5, 5.41) is 0.782. The molecule has 0 N–H and O–H groups in total. The van der Waals surface area contributed by atoms with Crippen molar-refractivity contribution in [3.05, 3.63) is 12.0 Å². The number of aromatic nitrogens is 1. The van der Waals surface area contributed by atoms with Gasteiger partial charge in [-0.2, -0.15) is 0 Å². The molecule has 2 nitrogen and oxygen atoms in total. The van der Waals surface area contributed by atoms with Crippen molar-refractivity contribution in [2.45, 2.75) is 43.3 Å². The summed E-state index contributed by atoms with van der Waals surface area (Å²) in [6.45, 7) is 10.9. The second-order valence-electron chi connectivity index (χ2n) is 5.32. The Morgan fingerprint density at radius 3 is 2.33 bits per heavy atom. The van der Waals surface area contributed by atoms with Gasteiger partial charge in [-0.3, -0.25) is 0 Å². The highest BCUT2D eigenvalue weighted by Crippen LogP contribution is 2.33. The van der Waals surface area contributed by atoms with Crippen LogP contribution in [0.4, 0.5) is 0 Å². The quantitative estimate of drug-likeness (QED) is 0.461.